The molecule has 1 heterocycles. The Balaban J connectivity index is 1.83. The zero-order valence-electron chi connectivity index (χ0n) is 14.7. The van der Waals surface area contributed by atoms with E-state index in [9.17, 15) is 9.90 Å². The lowest BCUT2D eigenvalue weighted by atomic mass is 9.47. The highest BCUT2D eigenvalue weighted by Crippen LogP contribution is 2.61. The molecule has 23 heavy (non-hydrogen) atoms. The molecule has 0 aromatic carbocycles. The van der Waals surface area contributed by atoms with Crippen LogP contribution in [0.25, 0.3) is 0 Å². The maximum absolute atomic E-state index is 11.7. The largest absolute Gasteiger partial charge is 0.432 e. The molecule has 2 saturated carbocycles. The summed E-state index contributed by atoms with van der Waals surface area (Å²) in [5.41, 5.74) is 2.63. The number of cyclic esters (lactones) is 1. The number of carbonyl (C=O) groups excluding carboxylic acids is 1. The number of hydrogen-bond acceptors (Lipinski definition) is 3. The maximum atomic E-state index is 11.7. The average Bonchev–Trinajstić information content (AvgIpc) is 2.75. The van der Waals surface area contributed by atoms with Crippen molar-refractivity contribution in [2.45, 2.75) is 72.0 Å². The van der Waals surface area contributed by atoms with Crippen LogP contribution in [0.2, 0.25) is 0 Å². The minimum atomic E-state index is -0.958. The van der Waals surface area contributed by atoms with Crippen molar-refractivity contribution in [3.63, 3.8) is 0 Å². The molecule has 1 unspecified atom stereocenters. The summed E-state index contributed by atoms with van der Waals surface area (Å²) in [5, 5.41) is 9.46. The summed E-state index contributed by atoms with van der Waals surface area (Å²) >= 11 is 0. The lowest BCUT2D eigenvalue weighted by Gasteiger charge is -2.58. The second kappa shape index (κ2) is 5.77. The van der Waals surface area contributed by atoms with Gasteiger partial charge in [-0.25, -0.2) is 4.79 Å². The Labute approximate surface area is 139 Å². The van der Waals surface area contributed by atoms with E-state index >= 15 is 0 Å². The number of rotatable bonds is 2. The van der Waals surface area contributed by atoms with E-state index in [2.05, 4.69) is 27.4 Å². The second-order valence-electron chi connectivity index (χ2n) is 8.68. The van der Waals surface area contributed by atoms with Gasteiger partial charge in [0.15, 0.2) is 0 Å². The van der Waals surface area contributed by atoms with Crippen molar-refractivity contribution in [3.8, 4) is 0 Å². The van der Waals surface area contributed by atoms with Crippen LogP contribution in [0.3, 0.4) is 0 Å². The fourth-order valence-corrected chi connectivity index (χ4v) is 5.65. The standard InChI is InChI=1S/C20H30O3/c1-13-6-9-16-19(2,3)10-5-11-20(16,4)15(13)8-7-14-12-17(21)23-18(14)22/h7,15-17,21H,1,5-6,8-12H2,2-4H3/t15-,16-,17?,20+/m0/s1. The summed E-state index contributed by atoms with van der Waals surface area (Å²) in [4.78, 5) is 11.7. The fourth-order valence-electron chi connectivity index (χ4n) is 5.65. The lowest BCUT2D eigenvalue weighted by Crippen LogP contribution is -2.49. The van der Waals surface area contributed by atoms with Crippen LogP contribution in [0.1, 0.15) is 65.7 Å². The van der Waals surface area contributed by atoms with Crippen molar-refractivity contribution in [1.82, 2.24) is 0 Å². The number of aliphatic hydroxyl groups is 1. The maximum Gasteiger partial charge on any atom is 0.336 e. The molecule has 0 spiro atoms. The van der Waals surface area contributed by atoms with Gasteiger partial charge in [0.25, 0.3) is 0 Å². The summed E-state index contributed by atoms with van der Waals surface area (Å²) in [7, 11) is 0. The quantitative estimate of drug-likeness (QED) is 0.467. The first-order chi connectivity index (χ1) is 10.7. The monoisotopic (exact) mass is 318 g/mol. The fraction of sp³-hybridized carbons (Fsp3) is 0.750. The average molecular weight is 318 g/mol. The summed E-state index contributed by atoms with van der Waals surface area (Å²) in [6, 6.07) is 0. The van der Waals surface area contributed by atoms with Crippen LogP contribution in [-0.4, -0.2) is 17.4 Å². The molecule has 0 aromatic rings. The minimum absolute atomic E-state index is 0.273. The molecule has 3 aliphatic rings. The first kappa shape index (κ1) is 16.8. The van der Waals surface area contributed by atoms with E-state index in [1.165, 1.54) is 31.3 Å². The van der Waals surface area contributed by atoms with Crippen LogP contribution in [0.15, 0.2) is 23.8 Å². The lowest BCUT2D eigenvalue weighted by molar-refractivity contribution is -0.152. The molecule has 0 bridgehead atoms. The van der Waals surface area contributed by atoms with Crippen molar-refractivity contribution in [1.29, 1.82) is 0 Å². The Bertz CT molecular complexity index is 545. The predicted molar refractivity (Wildman–Crippen MR) is 90.5 cm³/mol. The second-order valence-corrected chi connectivity index (χ2v) is 8.68. The first-order valence-electron chi connectivity index (χ1n) is 9.00. The molecule has 1 aliphatic heterocycles. The van der Waals surface area contributed by atoms with E-state index in [1.54, 1.807) is 0 Å². The van der Waals surface area contributed by atoms with Crippen LogP contribution in [0, 0.1) is 22.7 Å². The van der Waals surface area contributed by atoms with Gasteiger partial charge in [-0.3, -0.25) is 0 Å². The molecule has 3 nitrogen and oxygen atoms in total. The molecule has 0 amide bonds. The third-order valence-electron chi connectivity index (χ3n) is 6.82. The Morgan fingerprint density at radius 3 is 2.74 bits per heavy atom. The van der Waals surface area contributed by atoms with Gasteiger partial charge in [-0.05, 0) is 54.8 Å². The van der Waals surface area contributed by atoms with Crippen molar-refractivity contribution in [3.05, 3.63) is 23.8 Å². The van der Waals surface area contributed by atoms with Gasteiger partial charge >= 0.3 is 5.97 Å². The Morgan fingerprint density at radius 2 is 2.09 bits per heavy atom. The van der Waals surface area contributed by atoms with Gasteiger partial charge in [0.05, 0.1) is 0 Å². The van der Waals surface area contributed by atoms with E-state index in [4.69, 9.17) is 4.74 Å². The van der Waals surface area contributed by atoms with Gasteiger partial charge in [0.2, 0.25) is 6.29 Å². The van der Waals surface area contributed by atoms with E-state index in [1.807, 2.05) is 6.08 Å². The number of allylic oxidation sites excluding steroid dienone is 2. The van der Waals surface area contributed by atoms with Crippen LogP contribution in [0.5, 0.6) is 0 Å². The molecule has 3 rings (SSSR count). The topological polar surface area (TPSA) is 46.5 Å². The van der Waals surface area contributed by atoms with Gasteiger partial charge in [-0.2, -0.15) is 0 Å². The van der Waals surface area contributed by atoms with Crippen LogP contribution in [-0.2, 0) is 9.53 Å². The highest BCUT2D eigenvalue weighted by atomic mass is 16.6. The number of carbonyl (C=O) groups is 1. The van der Waals surface area contributed by atoms with E-state index < -0.39 is 6.29 Å². The Morgan fingerprint density at radius 1 is 1.35 bits per heavy atom. The molecule has 3 heteroatoms. The van der Waals surface area contributed by atoms with Crippen molar-refractivity contribution in [2.75, 3.05) is 0 Å². The Kier molecular flexibility index (Phi) is 4.20. The zero-order chi connectivity index (χ0) is 16.8. The van der Waals surface area contributed by atoms with Gasteiger partial charge in [-0.1, -0.05) is 45.4 Å². The molecule has 3 fully saturated rings. The smallest absolute Gasteiger partial charge is 0.336 e. The molecule has 1 N–H and O–H groups in total. The number of hydrogen-bond donors (Lipinski definition) is 1. The summed E-state index contributed by atoms with van der Waals surface area (Å²) in [5.74, 6) is 0.794. The molecular weight excluding hydrogens is 288 g/mol. The molecule has 1 saturated heterocycles. The number of ether oxygens (including phenoxy) is 1. The van der Waals surface area contributed by atoms with E-state index in [0.29, 0.717) is 23.3 Å². The van der Waals surface area contributed by atoms with Gasteiger partial charge < -0.3 is 9.84 Å². The van der Waals surface area contributed by atoms with Crippen LogP contribution >= 0.6 is 0 Å². The number of fused-ring (bicyclic) bond motifs is 1. The van der Waals surface area contributed by atoms with Gasteiger partial charge in [0, 0.05) is 12.0 Å². The number of aliphatic hydroxyl groups excluding tert-OH is 1. The summed E-state index contributed by atoms with van der Waals surface area (Å²) < 4.78 is 4.83. The molecule has 0 aromatic heterocycles. The normalized spacial score (nSPS) is 41.7. The Hall–Kier alpha value is -1.09. The van der Waals surface area contributed by atoms with Crippen molar-refractivity contribution in [2.24, 2.45) is 22.7 Å². The van der Waals surface area contributed by atoms with Gasteiger partial charge in [0.1, 0.15) is 0 Å². The predicted octanol–water partition coefficient (Wildman–Crippen LogP) is 4.37. The SMILES string of the molecule is C=C1CC[C@H]2C(C)(C)CCC[C@]2(C)[C@H]1CC=C1CC(O)OC1=O. The molecule has 4 atom stereocenters. The minimum Gasteiger partial charge on any atom is -0.432 e. The first-order valence-corrected chi connectivity index (χ1v) is 9.00. The highest BCUT2D eigenvalue weighted by Gasteiger charge is 2.52. The molecule has 128 valence electrons. The third-order valence-corrected chi connectivity index (χ3v) is 6.82. The van der Waals surface area contributed by atoms with E-state index in [0.717, 1.165) is 18.8 Å². The van der Waals surface area contributed by atoms with Crippen LogP contribution < -0.4 is 0 Å². The number of esters is 1. The molecule has 2 aliphatic carbocycles. The molecular formula is C20H30O3. The van der Waals surface area contributed by atoms with E-state index in [-0.39, 0.29) is 11.4 Å². The van der Waals surface area contributed by atoms with Crippen molar-refractivity contribution < 1.29 is 14.6 Å². The van der Waals surface area contributed by atoms with Crippen LogP contribution in [0.4, 0.5) is 0 Å². The summed E-state index contributed by atoms with van der Waals surface area (Å²) in [6.45, 7) is 11.6. The highest BCUT2D eigenvalue weighted by molar-refractivity contribution is 5.90. The van der Waals surface area contributed by atoms with Crippen molar-refractivity contribution >= 4 is 5.97 Å². The molecule has 0 radical (unpaired) electrons. The summed E-state index contributed by atoms with van der Waals surface area (Å²) in [6.07, 6.45) is 8.40. The third kappa shape index (κ3) is 2.88. The van der Waals surface area contributed by atoms with Gasteiger partial charge in [-0.15, -0.1) is 0 Å². The zero-order valence-corrected chi connectivity index (χ0v) is 14.7.